The Hall–Kier alpha value is -4.40. The molecule has 2 heterocycles. The van der Waals surface area contributed by atoms with Crippen LogP contribution < -0.4 is 4.74 Å². The van der Waals surface area contributed by atoms with Gasteiger partial charge < -0.3 is 14.4 Å². The number of carboxylic acid groups (broad SMARTS) is 1. The molecule has 1 aliphatic carbocycles. The summed E-state index contributed by atoms with van der Waals surface area (Å²) in [7, 11) is 0. The highest BCUT2D eigenvalue weighted by Crippen LogP contribution is 2.40. The van der Waals surface area contributed by atoms with Crippen molar-refractivity contribution in [2.75, 3.05) is 0 Å². The number of hydrogen-bond donors (Lipinski definition) is 1. The van der Waals surface area contributed by atoms with E-state index in [0.29, 0.717) is 35.4 Å². The molecule has 210 valence electrons. The number of hydrogen-bond acceptors (Lipinski definition) is 4. The summed E-state index contributed by atoms with van der Waals surface area (Å²) >= 11 is 0. The van der Waals surface area contributed by atoms with E-state index < -0.39 is 29.5 Å². The fourth-order valence-electron chi connectivity index (χ4n) is 5.85. The van der Waals surface area contributed by atoms with Gasteiger partial charge in [0.2, 0.25) is 0 Å². The Morgan fingerprint density at radius 2 is 1.71 bits per heavy atom. The quantitative estimate of drug-likeness (QED) is 0.222. The summed E-state index contributed by atoms with van der Waals surface area (Å²) in [6, 6.07) is 22.5. The minimum Gasteiger partial charge on any atom is -0.487 e. The lowest BCUT2D eigenvalue weighted by atomic mass is 9.78. The third-order valence-electron chi connectivity index (χ3n) is 7.86. The zero-order valence-electron chi connectivity index (χ0n) is 22.1. The van der Waals surface area contributed by atoms with Gasteiger partial charge >= 0.3 is 12.1 Å². The Labute approximate surface area is 234 Å². The number of para-hydroxylation sites is 1. The molecule has 1 N–H and O–H groups in total. The topological polar surface area (TPSA) is 77.2 Å². The van der Waals surface area contributed by atoms with E-state index in [1.807, 2.05) is 36.4 Å². The van der Waals surface area contributed by atoms with Crippen molar-refractivity contribution in [3.8, 4) is 5.75 Å². The van der Waals surface area contributed by atoms with Crippen molar-refractivity contribution in [3.05, 3.63) is 102 Å². The summed E-state index contributed by atoms with van der Waals surface area (Å²) in [4.78, 5) is 21.6. The number of carboxylic acids is 1. The molecule has 2 unspecified atom stereocenters. The number of aliphatic carboxylic acids is 1. The van der Waals surface area contributed by atoms with E-state index in [-0.39, 0.29) is 18.7 Å². The molecule has 0 amide bonds. The van der Waals surface area contributed by atoms with Gasteiger partial charge in [-0.1, -0.05) is 55.3 Å². The summed E-state index contributed by atoms with van der Waals surface area (Å²) in [6.45, 7) is 0.151. The Morgan fingerprint density at radius 1 is 0.927 bits per heavy atom. The van der Waals surface area contributed by atoms with Crippen molar-refractivity contribution in [1.82, 2.24) is 14.5 Å². The normalized spacial score (nSPS) is 17.6. The van der Waals surface area contributed by atoms with Crippen molar-refractivity contribution >= 4 is 27.9 Å². The van der Waals surface area contributed by atoms with Crippen LogP contribution in [0.25, 0.3) is 21.9 Å². The molecule has 9 heteroatoms. The maximum absolute atomic E-state index is 13.9. The van der Waals surface area contributed by atoms with Crippen LogP contribution in [0, 0.1) is 5.92 Å². The minimum atomic E-state index is -4.51. The molecule has 1 saturated carbocycles. The highest BCUT2D eigenvalue weighted by Gasteiger charge is 2.37. The molecule has 5 aromatic rings. The van der Waals surface area contributed by atoms with E-state index in [2.05, 4.69) is 4.98 Å². The highest BCUT2D eigenvalue weighted by atomic mass is 19.4. The van der Waals surface area contributed by atoms with E-state index in [9.17, 15) is 23.1 Å². The third kappa shape index (κ3) is 5.49. The zero-order valence-corrected chi connectivity index (χ0v) is 22.1. The highest BCUT2D eigenvalue weighted by molar-refractivity contribution is 5.79. The molecule has 0 aliphatic heterocycles. The summed E-state index contributed by atoms with van der Waals surface area (Å²) in [6.07, 6.45) is -1.76. The Balaban J connectivity index is 1.37. The smallest absolute Gasteiger partial charge is 0.416 e. The first-order chi connectivity index (χ1) is 19.8. The number of pyridine rings is 1. The van der Waals surface area contributed by atoms with Gasteiger partial charge in [0, 0.05) is 23.9 Å². The van der Waals surface area contributed by atoms with E-state index in [0.717, 1.165) is 35.5 Å². The fourth-order valence-corrected chi connectivity index (χ4v) is 5.85. The molecule has 0 saturated heterocycles. The first-order valence-electron chi connectivity index (χ1n) is 13.6. The molecule has 2 aromatic heterocycles. The number of aromatic nitrogens is 3. The predicted molar refractivity (Wildman–Crippen MR) is 149 cm³/mol. The Morgan fingerprint density at radius 3 is 2.54 bits per heavy atom. The number of rotatable bonds is 7. The Kier molecular flexibility index (Phi) is 7.11. The Bertz CT molecular complexity index is 1730. The first kappa shape index (κ1) is 26.8. The maximum atomic E-state index is 13.9. The van der Waals surface area contributed by atoms with Gasteiger partial charge in [-0.15, -0.1) is 0 Å². The number of alkyl halides is 3. The molecule has 0 radical (unpaired) electrons. The van der Waals surface area contributed by atoms with Gasteiger partial charge in [0.15, 0.2) is 0 Å². The van der Waals surface area contributed by atoms with Crippen LogP contribution in [-0.2, 0) is 24.1 Å². The lowest BCUT2D eigenvalue weighted by Crippen LogP contribution is -2.28. The van der Waals surface area contributed by atoms with Gasteiger partial charge in [-0.05, 0) is 48.7 Å². The van der Waals surface area contributed by atoms with Crippen molar-refractivity contribution in [2.45, 2.75) is 50.9 Å². The molecule has 1 aliphatic rings. The fraction of sp³-hybridized carbons (Fsp3) is 0.281. The van der Waals surface area contributed by atoms with Crippen LogP contribution in [0.2, 0.25) is 0 Å². The van der Waals surface area contributed by atoms with E-state index in [1.165, 1.54) is 12.1 Å². The molecular formula is C32H28F3N3O3. The van der Waals surface area contributed by atoms with Crippen molar-refractivity contribution in [1.29, 1.82) is 0 Å². The van der Waals surface area contributed by atoms with Gasteiger partial charge in [0.05, 0.1) is 33.7 Å². The average Bonchev–Trinajstić information content (AvgIpc) is 3.33. The van der Waals surface area contributed by atoms with Gasteiger partial charge in [0.1, 0.15) is 18.2 Å². The predicted octanol–water partition coefficient (Wildman–Crippen LogP) is 7.59. The van der Waals surface area contributed by atoms with Crippen molar-refractivity contribution in [2.24, 2.45) is 5.92 Å². The molecule has 0 spiro atoms. The lowest BCUT2D eigenvalue weighted by molar-refractivity contribution is -0.143. The summed E-state index contributed by atoms with van der Waals surface area (Å²) < 4.78 is 49.3. The van der Waals surface area contributed by atoms with E-state index >= 15 is 0 Å². The van der Waals surface area contributed by atoms with Crippen LogP contribution in [0.5, 0.6) is 5.75 Å². The third-order valence-corrected chi connectivity index (χ3v) is 7.86. The minimum absolute atomic E-state index is 0.0778. The second kappa shape index (κ2) is 10.9. The lowest BCUT2D eigenvalue weighted by Gasteiger charge is -2.29. The second-order valence-electron chi connectivity index (χ2n) is 10.5. The van der Waals surface area contributed by atoms with Crippen LogP contribution in [0.15, 0.2) is 78.9 Å². The van der Waals surface area contributed by atoms with Gasteiger partial charge in [-0.2, -0.15) is 13.2 Å². The second-order valence-corrected chi connectivity index (χ2v) is 10.5. The maximum Gasteiger partial charge on any atom is 0.416 e. The molecule has 41 heavy (non-hydrogen) atoms. The molecule has 0 bridgehead atoms. The summed E-state index contributed by atoms with van der Waals surface area (Å²) in [5.74, 6) is -0.921. The van der Waals surface area contributed by atoms with E-state index in [4.69, 9.17) is 9.72 Å². The number of fused-ring (bicyclic) bond motifs is 2. The van der Waals surface area contributed by atoms with Crippen LogP contribution in [0.3, 0.4) is 0 Å². The van der Waals surface area contributed by atoms with Gasteiger partial charge in [-0.3, -0.25) is 4.79 Å². The van der Waals surface area contributed by atoms with Crippen molar-refractivity contribution in [3.63, 3.8) is 0 Å². The number of nitrogens with zero attached hydrogens (tertiary/aromatic N) is 3. The molecule has 6 rings (SSSR count). The van der Waals surface area contributed by atoms with Gasteiger partial charge in [0.25, 0.3) is 0 Å². The van der Waals surface area contributed by atoms with Crippen LogP contribution in [0.1, 0.15) is 54.2 Å². The van der Waals surface area contributed by atoms with Crippen LogP contribution in [-0.4, -0.2) is 25.6 Å². The zero-order chi connectivity index (χ0) is 28.6. The summed E-state index contributed by atoms with van der Waals surface area (Å²) in [5.41, 5.74) is 2.18. The van der Waals surface area contributed by atoms with Crippen LogP contribution >= 0.6 is 0 Å². The first-order valence-corrected chi connectivity index (χ1v) is 13.6. The molecule has 1 fully saturated rings. The van der Waals surface area contributed by atoms with Crippen molar-refractivity contribution < 1.29 is 27.8 Å². The summed E-state index contributed by atoms with van der Waals surface area (Å²) in [5, 5.41) is 11.0. The monoisotopic (exact) mass is 559 g/mol. The number of ether oxygens (including phenoxy) is 1. The molecule has 2 atom stereocenters. The number of benzene rings is 3. The number of halogens is 3. The average molecular weight is 560 g/mol. The number of imidazole rings is 1. The van der Waals surface area contributed by atoms with Gasteiger partial charge in [-0.25, -0.2) is 9.97 Å². The largest absolute Gasteiger partial charge is 0.487 e. The number of carbonyl (C=O) groups is 1. The van der Waals surface area contributed by atoms with Crippen LogP contribution in [0.4, 0.5) is 13.2 Å². The molecule has 6 nitrogen and oxygen atoms in total. The molecular weight excluding hydrogens is 531 g/mol. The SMILES string of the molecule is O=C(O)C1CCCCC1c1nc2cc(OCc3ccc4ccccc4n3)ccc2n1Cc1ccccc1C(F)(F)F. The van der Waals surface area contributed by atoms with E-state index in [1.54, 1.807) is 28.8 Å². The molecule has 3 aromatic carbocycles. The standard InChI is InChI=1S/C32H28F3N3O3/c33-32(34,35)26-11-5-1-8-21(26)18-38-29-16-15-23(41-19-22-14-13-20-7-2-6-12-27(20)36-22)17-28(29)37-30(38)24-9-3-4-10-25(24)31(39)40/h1-2,5-8,11-17,24-25H,3-4,9-10,18-19H2,(H,39,40).